The maximum Gasteiger partial charge on any atom is 0.222 e. The minimum Gasteiger partial charge on any atom is -0.393 e. The number of carbonyl (C=O) groups excluding carboxylic acids is 1. The van der Waals surface area contributed by atoms with Gasteiger partial charge in [0, 0.05) is 25.4 Å². The van der Waals surface area contributed by atoms with Gasteiger partial charge in [-0.3, -0.25) is 4.79 Å². The van der Waals surface area contributed by atoms with Crippen LogP contribution >= 0.6 is 24.0 Å². The van der Waals surface area contributed by atoms with Gasteiger partial charge in [-0.05, 0) is 37.2 Å². The molecule has 1 atom stereocenters. The second kappa shape index (κ2) is 8.00. The molecule has 1 saturated heterocycles. The fourth-order valence-electron chi connectivity index (χ4n) is 2.15. The van der Waals surface area contributed by atoms with E-state index in [0.717, 1.165) is 6.54 Å². The Bertz CT molecular complexity index is 291. The highest BCUT2D eigenvalue weighted by atomic mass is 32.2. The average molecular weight is 288 g/mol. The van der Waals surface area contributed by atoms with E-state index in [9.17, 15) is 4.79 Å². The maximum absolute atomic E-state index is 12.2. The summed E-state index contributed by atoms with van der Waals surface area (Å²) in [5, 5.41) is 0. The van der Waals surface area contributed by atoms with E-state index in [1.165, 1.54) is 24.3 Å². The van der Waals surface area contributed by atoms with Gasteiger partial charge in [0.2, 0.25) is 5.91 Å². The van der Waals surface area contributed by atoms with E-state index < -0.39 is 0 Å². The molecule has 1 aliphatic heterocycles. The van der Waals surface area contributed by atoms with Crippen LogP contribution in [0, 0.1) is 11.8 Å². The van der Waals surface area contributed by atoms with Crippen molar-refractivity contribution in [2.45, 2.75) is 33.1 Å². The predicted octanol–water partition coefficient (Wildman–Crippen LogP) is 2.29. The lowest BCUT2D eigenvalue weighted by Crippen LogP contribution is -2.39. The summed E-state index contributed by atoms with van der Waals surface area (Å²) in [6.07, 6.45) is 3.05. The largest absolute Gasteiger partial charge is 0.393 e. The van der Waals surface area contributed by atoms with Gasteiger partial charge < -0.3 is 10.6 Å². The third kappa shape index (κ3) is 5.14. The molecule has 0 aromatic carbocycles. The Morgan fingerprint density at radius 2 is 2.11 bits per heavy atom. The Hall–Kier alpha value is -0.290. The second-order valence-corrected chi connectivity index (χ2v) is 6.69. The van der Waals surface area contributed by atoms with E-state index in [-0.39, 0.29) is 11.8 Å². The number of hydrogen-bond donors (Lipinski definition) is 1. The third-order valence-electron chi connectivity index (χ3n) is 3.52. The fraction of sp³-hybridized carbons (Fsp3) is 0.846. The van der Waals surface area contributed by atoms with Gasteiger partial charge in [0.15, 0.2) is 0 Å². The molecule has 0 bridgehead atoms. The van der Waals surface area contributed by atoms with E-state index in [1.807, 2.05) is 30.5 Å². The summed E-state index contributed by atoms with van der Waals surface area (Å²) in [7, 11) is 0. The molecule has 18 heavy (non-hydrogen) atoms. The molecular formula is C13H24N2OS2. The van der Waals surface area contributed by atoms with Crippen LogP contribution in [-0.4, -0.2) is 40.4 Å². The zero-order valence-corrected chi connectivity index (χ0v) is 13.0. The summed E-state index contributed by atoms with van der Waals surface area (Å²) in [4.78, 5) is 14.6. The van der Waals surface area contributed by atoms with Crippen LogP contribution in [0.3, 0.4) is 0 Å². The minimum atomic E-state index is 0.103. The molecule has 0 saturated carbocycles. The Labute approximate surface area is 120 Å². The zero-order valence-electron chi connectivity index (χ0n) is 11.4. The average Bonchev–Trinajstić information content (AvgIpc) is 2.36. The van der Waals surface area contributed by atoms with Crippen molar-refractivity contribution in [2.24, 2.45) is 17.6 Å². The molecule has 1 unspecified atom stereocenters. The number of nitrogens with two attached hydrogens (primary N) is 1. The number of rotatable bonds is 6. The molecule has 0 aromatic rings. The highest BCUT2D eigenvalue weighted by Crippen LogP contribution is 2.25. The van der Waals surface area contributed by atoms with E-state index in [0.29, 0.717) is 23.9 Å². The standard InChI is InChI=1S/C13H24N2OS2/c1-3-15(9-10(2)13(14)17)12(16)8-11-4-6-18-7-5-11/h10-11H,3-9H2,1-2H3,(H2,14,17). The van der Waals surface area contributed by atoms with Crippen molar-refractivity contribution in [1.29, 1.82) is 0 Å². The van der Waals surface area contributed by atoms with Crippen LogP contribution in [0.2, 0.25) is 0 Å². The molecule has 0 aliphatic carbocycles. The Kier molecular flexibility index (Phi) is 7.00. The lowest BCUT2D eigenvalue weighted by atomic mass is 9.98. The summed E-state index contributed by atoms with van der Waals surface area (Å²) >= 11 is 6.97. The molecule has 0 radical (unpaired) electrons. The highest BCUT2D eigenvalue weighted by Gasteiger charge is 2.22. The first-order chi connectivity index (χ1) is 8.54. The number of amides is 1. The summed E-state index contributed by atoms with van der Waals surface area (Å²) in [5.74, 6) is 3.34. The van der Waals surface area contributed by atoms with Crippen molar-refractivity contribution >= 4 is 34.9 Å². The first kappa shape index (κ1) is 15.8. The number of carbonyl (C=O) groups is 1. The van der Waals surface area contributed by atoms with Crippen LogP contribution < -0.4 is 5.73 Å². The van der Waals surface area contributed by atoms with Gasteiger partial charge in [-0.2, -0.15) is 11.8 Å². The first-order valence-electron chi connectivity index (χ1n) is 6.69. The van der Waals surface area contributed by atoms with Crippen molar-refractivity contribution in [3.05, 3.63) is 0 Å². The normalized spacial score (nSPS) is 18.3. The van der Waals surface area contributed by atoms with Crippen molar-refractivity contribution in [1.82, 2.24) is 4.90 Å². The molecule has 104 valence electrons. The topological polar surface area (TPSA) is 46.3 Å². The fourth-order valence-corrected chi connectivity index (χ4v) is 3.43. The van der Waals surface area contributed by atoms with Gasteiger partial charge >= 0.3 is 0 Å². The molecule has 1 heterocycles. The molecule has 0 spiro atoms. The van der Waals surface area contributed by atoms with Crippen LogP contribution in [0.1, 0.15) is 33.1 Å². The molecule has 1 rings (SSSR count). The van der Waals surface area contributed by atoms with E-state index in [4.69, 9.17) is 18.0 Å². The Balaban J connectivity index is 2.43. The molecule has 1 aliphatic rings. The van der Waals surface area contributed by atoms with Crippen LogP contribution in [0.25, 0.3) is 0 Å². The summed E-state index contributed by atoms with van der Waals surface area (Å²) in [5.41, 5.74) is 5.61. The summed E-state index contributed by atoms with van der Waals surface area (Å²) in [6.45, 7) is 5.40. The van der Waals surface area contributed by atoms with Crippen LogP contribution in [0.5, 0.6) is 0 Å². The molecule has 3 nitrogen and oxygen atoms in total. The highest BCUT2D eigenvalue weighted by molar-refractivity contribution is 7.99. The van der Waals surface area contributed by atoms with Gasteiger partial charge in [0.05, 0.1) is 4.99 Å². The maximum atomic E-state index is 12.2. The van der Waals surface area contributed by atoms with Gasteiger partial charge in [-0.25, -0.2) is 0 Å². The first-order valence-corrected chi connectivity index (χ1v) is 8.25. The summed E-state index contributed by atoms with van der Waals surface area (Å²) in [6, 6.07) is 0. The van der Waals surface area contributed by atoms with Crippen molar-refractivity contribution in [2.75, 3.05) is 24.6 Å². The molecule has 0 aromatic heterocycles. The van der Waals surface area contributed by atoms with Gasteiger partial charge in [-0.15, -0.1) is 0 Å². The monoisotopic (exact) mass is 288 g/mol. The molecule has 1 amide bonds. The smallest absolute Gasteiger partial charge is 0.222 e. The van der Waals surface area contributed by atoms with E-state index in [1.54, 1.807) is 0 Å². The second-order valence-electron chi connectivity index (χ2n) is 5.00. The summed E-state index contributed by atoms with van der Waals surface area (Å²) < 4.78 is 0. The minimum absolute atomic E-state index is 0.103. The molecular weight excluding hydrogens is 264 g/mol. The van der Waals surface area contributed by atoms with Crippen molar-refractivity contribution in [3.8, 4) is 0 Å². The van der Waals surface area contributed by atoms with E-state index >= 15 is 0 Å². The van der Waals surface area contributed by atoms with Crippen LogP contribution in [0.15, 0.2) is 0 Å². The van der Waals surface area contributed by atoms with Crippen molar-refractivity contribution < 1.29 is 4.79 Å². The van der Waals surface area contributed by atoms with E-state index in [2.05, 4.69) is 0 Å². The van der Waals surface area contributed by atoms with Gasteiger partial charge in [-0.1, -0.05) is 19.1 Å². The van der Waals surface area contributed by atoms with Crippen LogP contribution in [0.4, 0.5) is 0 Å². The lowest BCUT2D eigenvalue weighted by Gasteiger charge is -2.27. The van der Waals surface area contributed by atoms with Crippen molar-refractivity contribution in [3.63, 3.8) is 0 Å². The Morgan fingerprint density at radius 3 is 2.61 bits per heavy atom. The zero-order chi connectivity index (χ0) is 13.5. The lowest BCUT2D eigenvalue weighted by molar-refractivity contribution is -0.132. The quantitative estimate of drug-likeness (QED) is 0.762. The SMILES string of the molecule is CCN(CC(C)C(N)=S)C(=O)CC1CCSCC1. The number of thiocarbonyl (C=S) groups is 1. The molecule has 1 fully saturated rings. The third-order valence-corrected chi connectivity index (χ3v) is 4.97. The number of hydrogen-bond acceptors (Lipinski definition) is 3. The molecule has 5 heteroatoms. The van der Waals surface area contributed by atoms with Gasteiger partial charge in [0.25, 0.3) is 0 Å². The number of nitrogens with zero attached hydrogens (tertiary/aromatic N) is 1. The molecule has 2 N–H and O–H groups in total. The van der Waals surface area contributed by atoms with Gasteiger partial charge in [0.1, 0.15) is 0 Å². The van der Waals surface area contributed by atoms with Crippen LogP contribution in [-0.2, 0) is 4.79 Å². The Morgan fingerprint density at radius 1 is 1.50 bits per heavy atom. The predicted molar refractivity (Wildman–Crippen MR) is 82.9 cm³/mol. The number of thioether (sulfide) groups is 1.